The van der Waals surface area contributed by atoms with Crippen molar-refractivity contribution >= 4 is 5.97 Å². The fourth-order valence-electron chi connectivity index (χ4n) is 8.31. The lowest BCUT2D eigenvalue weighted by atomic mass is 9.99. The van der Waals surface area contributed by atoms with Crippen LogP contribution < -0.4 is 0 Å². The Kier molecular flexibility index (Phi) is 41.9. The summed E-state index contributed by atoms with van der Waals surface area (Å²) in [6.45, 7) is 4.58. The Balaban J connectivity index is 2.15. The van der Waals surface area contributed by atoms with Gasteiger partial charge in [0.25, 0.3) is 0 Å². The number of esters is 1. The van der Waals surface area contributed by atoms with Gasteiger partial charge in [-0.05, 0) is 38.5 Å². The number of hydrogen-bond donors (Lipinski definition) is 4. The zero-order chi connectivity index (χ0) is 44.3. The minimum Gasteiger partial charge on any atom is -0.457 e. The maximum atomic E-state index is 12.8. The maximum absolute atomic E-state index is 12.8. The second kappa shape index (κ2) is 44.1. The quantitative estimate of drug-likeness (QED) is 0.0268. The number of carbonyl (C=O) groups excluding carboxylic acids is 1. The van der Waals surface area contributed by atoms with Crippen molar-refractivity contribution < 1.29 is 44.2 Å². The number of unbranched alkanes of at least 4 members (excludes halogenated alkanes) is 33. The average molecular weight is 869 g/mol. The lowest BCUT2D eigenvalue weighted by Crippen LogP contribution is -2.59. The molecule has 1 saturated heterocycles. The Morgan fingerprint density at radius 1 is 0.508 bits per heavy atom. The largest absolute Gasteiger partial charge is 0.457 e. The molecule has 0 amide bonds. The van der Waals surface area contributed by atoms with Crippen LogP contribution in [0.3, 0.4) is 0 Å². The first kappa shape index (κ1) is 57.9. The molecule has 0 spiro atoms. The molecule has 9 nitrogen and oxygen atoms in total. The van der Waals surface area contributed by atoms with E-state index in [9.17, 15) is 25.2 Å². The van der Waals surface area contributed by atoms with Crippen molar-refractivity contribution in [2.24, 2.45) is 0 Å². The third-order valence-corrected chi connectivity index (χ3v) is 12.4. The van der Waals surface area contributed by atoms with Crippen LogP contribution in [0.25, 0.3) is 0 Å². The average Bonchev–Trinajstić information content (AvgIpc) is 3.26. The van der Waals surface area contributed by atoms with Crippen LogP contribution in [0.2, 0.25) is 0 Å². The van der Waals surface area contributed by atoms with Crippen molar-refractivity contribution in [2.75, 3.05) is 26.4 Å². The van der Waals surface area contributed by atoms with Crippen LogP contribution in [-0.4, -0.2) is 89.6 Å². The highest BCUT2D eigenvalue weighted by molar-refractivity contribution is 5.69. The second-order valence-corrected chi connectivity index (χ2v) is 18.3. The molecule has 1 fully saturated rings. The van der Waals surface area contributed by atoms with E-state index >= 15 is 0 Å². The monoisotopic (exact) mass is 869 g/mol. The van der Waals surface area contributed by atoms with Gasteiger partial charge < -0.3 is 39.4 Å². The fourth-order valence-corrected chi connectivity index (χ4v) is 8.31. The number of allylic oxidation sites excluding steroid dienone is 2. The predicted molar refractivity (Wildman–Crippen MR) is 252 cm³/mol. The number of aliphatic hydroxyl groups is 4. The predicted octanol–water partition coefficient (Wildman–Crippen LogP) is 12.8. The smallest absolute Gasteiger partial charge is 0.306 e. The molecule has 1 rings (SSSR count). The molecule has 61 heavy (non-hydrogen) atoms. The van der Waals surface area contributed by atoms with Crippen molar-refractivity contribution in [1.82, 2.24) is 0 Å². The van der Waals surface area contributed by atoms with E-state index in [-0.39, 0.29) is 19.2 Å². The van der Waals surface area contributed by atoms with E-state index in [2.05, 4.69) is 26.0 Å². The van der Waals surface area contributed by atoms with E-state index in [1.807, 2.05) is 0 Å². The van der Waals surface area contributed by atoms with E-state index in [0.29, 0.717) is 13.0 Å². The SMILES string of the molecule is CCCCCC/C=C\CCCCCCCCOCC(COC1OC(CO)C(O)C(O)C1O)OC(=O)CCCCCCCCCCCCCCCCCCCCCCCCCC. The molecule has 6 unspecified atom stereocenters. The lowest BCUT2D eigenvalue weighted by molar-refractivity contribution is -0.305. The summed E-state index contributed by atoms with van der Waals surface area (Å²) in [5, 5.41) is 40.2. The molecular weight excluding hydrogens is 769 g/mol. The standard InChI is InChI=1S/C52H100O9/c1-3-5-7-9-11-13-15-17-19-20-21-22-23-24-25-26-27-28-29-31-33-35-37-39-41-48(54)60-46(45-59-52-51(57)50(56)49(55)47(43-53)61-52)44-58-42-40-38-36-34-32-30-18-16-14-12-10-8-6-4-2/h14,16,46-47,49-53,55-57H,3-13,15,17-45H2,1-2H3/b16-14-. The van der Waals surface area contributed by atoms with Crippen molar-refractivity contribution in [3.05, 3.63) is 12.2 Å². The number of rotatable bonds is 46. The van der Waals surface area contributed by atoms with Gasteiger partial charge in [-0.25, -0.2) is 0 Å². The van der Waals surface area contributed by atoms with Gasteiger partial charge in [-0.2, -0.15) is 0 Å². The molecule has 0 aromatic heterocycles. The van der Waals surface area contributed by atoms with Gasteiger partial charge in [0.1, 0.15) is 30.5 Å². The minimum atomic E-state index is -1.53. The minimum absolute atomic E-state index is 0.110. The molecule has 1 heterocycles. The van der Waals surface area contributed by atoms with Gasteiger partial charge in [-0.15, -0.1) is 0 Å². The van der Waals surface area contributed by atoms with Crippen LogP contribution in [0, 0.1) is 0 Å². The van der Waals surface area contributed by atoms with Crippen molar-refractivity contribution in [3.63, 3.8) is 0 Å². The van der Waals surface area contributed by atoms with Gasteiger partial charge in [0.05, 0.1) is 19.8 Å². The topological polar surface area (TPSA) is 135 Å². The van der Waals surface area contributed by atoms with Crippen molar-refractivity contribution in [3.8, 4) is 0 Å². The lowest BCUT2D eigenvalue weighted by Gasteiger charge is -2.39. The van der Waals surface area contributed by atoms with Crippen LogP contribution in [0.1, 0.15) is 251 Å². The van der Waals surface area contributed by atoms with E-state index in [0.717, 1.165) is 32.1 Å². The Morgan fingerprint density at radius 2 is 0.902 bits per heavy atom. The van der Waals surface area contributed by atoms with Crippen molar-refractivity contribution in [1.29, 1.82) is 0 Å². The van der Waals surface area contributed by atoms with Crippen LogP contribution in [0.5, 0.6) is 0 Å². The normalized spacial score (nSPS) is 19.9. The first-order valence-electron chi connectivity index (χ1n) is 26.3. The van der Waals surface area contributed by atoms with Crippen LogP contribution in [-0.2, 0) is 23.7 Å². The molecule has 0 aromatic carbocycles. The number of carbonyl (C=O) groups is 1. The van der Waals surface area contributed by atoms with Gasteiger partial charge >= 0.3 is 5.97 Å². The van der Waals surface area contributed by atoms with E-state index < -0.39 is 43.4 Å². The summed E-state index contributed by atoms with van der Waals surface area (Å²) in [5.41, 5.74) is 0. The highest BCUT2D eigenvalue weighted by atomic mass is 16.7. The molecule has 1 aliphatic heterocycles. The van der Waals surface area contributed by atoms with E-state index in [1.165, 1.54) is 199 Å². The summed E-state index contributed by atoms with van der Waals surface area (Å²) in [6.07, 6.45) is 44.0. The fraction of sp³-hybridized carbons (Fsp3) is 0.942. The second-order valence-electron chi connectivity index (χ2n) is 18.3. The summed E-state index contributed by atoms with van der Waals surface area (Å²) in [4.78, 5) is 12.8. The third-order valence-electron chi connectivity index (χ3n) is 12.4. The highest BCUT2D eigenvalue weighted by Crippen LogP contribution is 2.23. The molecule has 0 saturated carbocycles. The molecule has 4 N–H and O–H groups in total. The zero-order valence-electron chi connectivity index (χ0n) is 39.9. The molecule has 0 aliphatic carbocycles. The summed E-state index contributed by atoms with van der Waals surface area (Å²) < 4.78 is 22.9. The molecule has 6 atom stereocenters. The molecule has 1 aliphatic rings. The summed E-state index contributed by atoms with van der Waals surface area (Å²) in [6, 6.07) is 0. The van der Waals surface area contributed by atoms with Gasteiger partial charge in [-0.3, -0.25) is 4.79 Å². The van der Waals surface area contributed by atoms with E-state index in [1.54, 1.807) is 0 Å². The van der Waals surface area contributed by atoms with Crippen molar-refractivity contribution in [2.45, 2.75) is 288 Å². The molecule has 0 bridgehead atoms. The number of hydrogen-bond acceptors (Lipinski definition) is 9. The molecule has 0 radical (unpaired) electrons. The molecule has 362 valence electrons. The molecule has 9 heteroatoms. The number of ether oxygens (including phenoxy) is 4. The summed E-state index contributed by atoms with van der Waals surface area (Å²) >= 11 is 0. The van der Waals surface area contributed by atoms with Crippen LogP contribution >= 0.6 is 0 Å². The Bertz CT molecular complexity index is 946. The molecular formula is C52H100O9. The van der Waals surface area contributed by atoms with Crippen LogP contribution in [0.4, 0.5) is 0 Å². The number of aliphatic hydroxyl groups excluding tert-OH is 4. The van der Waals surface area contributed by atoms with Gasteiger partial charge in [0.2, 0.25) is 0 Å². The summed E-state index contributed by atoms with van der Waals surface area (Å²) in [7, 11) is 0. The first-order chi connectivity index (χ1) is 29.9. The Hall–Kier alpha value is -1.07. The van der Waals surface area contributed by atoms with Gasteiger partial charge in [0.15, 0.2) is 6.29 Å². The first-order valence-corrected chi connectivity index (χ1v) is 26.3. The Morgan fingerprint density at radius 3 is 1.34 bits per heavy atom. The maximum Gasteiger partial charge on any atom is 0.306 e. The van der Waals surface area contributed by atoms with E-state index in [4.69, 9.17) is 18.9 Å². The third kappa shape index (κ3) is 34.9. The van der Waals surface area contributed by atoms with Crippen LogP contribution in [0.15, 0.2) is 12.2 Å². The summed E-state index contributed by atoms with van der Waals surface area (Å²) in [5.74, 6) is -0.309. The van der Waals surface area contributed by atoms with Gasteiger partial charge in [0, 0.05) is 13.0 Å². The zero-order valence-corrected chi connectivity index (χ0v) is 39.9. The van der Waals surface area contributed by atoms with Gasteiger partial charge in [-0.1, -0.05) is 219 Å². The molecule has 0 aromatic rings. The highest BCUT2D eigenvalue weighted by Gasteiger charge is 2.44. The Labute approximate surface area is 375 Å².